The van der Waals surface area contributed by atoms with Gasteiger partial charge in [0, 0.05) is 11.5 Å². The summed E-state index contributed by atoms with van der Waals surface area (Å²) in [6, 6.07) is 14.6. The molecular formula is C19H17O3. The predicted octanol–water partition coefficient (Wildman–Crippen LogP) is 5.09. The summed E-state index contributed by atoms with van der Waals surface area (Å²) in [7, 11) is 0. The third-order valence-electron chi connectivity index (χ3n) is 3.46. The van der Waals surface area contributed by atoms with Gasteiger partial charge in [-0.1, -0.05) is 30.3 Å². The summed E-state index contributed by atoms with van der Waals surface area (Å²) in [5.74, 6) is -0.636. The molecule has 0 amide bonds. The second-order valence-electron chi connectivity index (χ2n) is 6.36. The third kappa shape index (κ3) is 2.62. The molecule has 0 aliphatic rings. The summed E-state index contributed by atoms with van der Waals surface area (Å²) < 4.78 is 5.36. The minimum Gasteiger partial charge on any atom is -0.456 e. The van der Waals surface area contributed by atoms with Crippen LogP contribution in [-0.2, 0) is 9.84 Å². The fraction of sp³-hybridized carbons (Fsp3) is 0.211. The Hall–Kier alpha value is -2.55. The van der Waals surface area contributed by atoms with E-state index in [4.69, 9.17) is 4.74 Å². The van der Waals surface area contributed by atoms with Crippen molar-refractivity contribution in [2.24, 2.45) is 0 Å². The highest BCUT2D eigenvalue weighted by Gasteiger charge is 2.20. The molecule has 0 spiro atoms. The largest absolute Gasteiger partial charge is 0.456 e. The number of hydrogen-bond donors (Lipinski definition) is 0. The van der Waals surface area contributed by atoms with Gasteiger partial charge in [-0.15, -0.1) is 0 Å². The molecule has 0 atom stereocenters. The zero-order chi connectivity index (χ0) is 15.9. The van der Waals surface area contributed by atoms with Gasteiger partial charge in [-0.05, 0) is 49.1 Å². The monoisotopic (exact) mass is 293 g/mol. The maximum Gasteiger partial charge on any atom is 0.338 e. The molecule has 0 aliphatic heterocycles. The number of benzene rings is 3. The first kappa shape index (κ1) is 14.4. The lowest BCUT2D eigenvalue weighted by Gasteiger charge is -2.19. The zero-order valence-electron chi connectivity index (χ0n) is 12.8. The van der Waals surface area contributed by atoms with Crippen LogP contribution in [-0.4, -0.2) is 11.6 Å². The normalized spacial score (nSPS) is 11.8. The van der Waals surface area contributed by atoms with Crippen LogP contribution in [0.3, 0.4) is 0 Å². The molecule has 1 radical (unpaired) electrons. The molecule has 3 aromatic rings. The quantitative estimate of drug-likeness (QED) is 0.463. The van der Waals surface area contributed by atoms with Crippen molar-refractivity contribution in [2.75, 3.05) is 0 Å². The van der Waals surface area contributed by atoms with Crippen LogP contribution in [0.4, 0.5) is 0 Å². The van der Waals surface area contributed by atoms with E-state index in [1.807, 2.05) is 30.3 Å². The Morgan fingerprint density at radius 2 is 1.64 bits per heavy atom. The molecule has 0 saturated carbocycles. The summed E-state index contributed by atoms with van der Waals surface area (Å²) in [5, 5.41) is 15.7. The highest BCUT2D eigenvalue weighted by atomic mass is 16.6. The van der Waals surface area contributed by atoms with Crippen molar-refractivity contribution in [1.82, 2.24) is 0 Å². The van der Waals surface area contributed by atoms with Crippen LogP contribution in [0.25, 0.3) is 21.5 Å². The smallest absolute Gasteiger partial charge is 0.338 e. The Labute approximate surface area is 129 Å². The first-order chi connectivity index (χ1) is 10.3. The maximum atomic E-state index is 12.3. The number of fused-ring (bicyclic) bond motifs is 3. The van der Waals surface area contributed by atoms with Crippen molar-refractivity contribution in [3.05, 3.63) is 54.1 Å². The van der Waals surface area contributed by atoms with Gasteiger partial charge in [-0.25, -0.2) is 4.79 Å². The van der Waals surface area contributed by atoms with Crippen molar-refractivity contribution in [3.63, 3.8) is 0 Å². The Bertz CT molecular complexity index is 873. The Kier molecular flexibility index (Phi) is 3.28. The number of carbonyl (C=O) groups is 1. The van der Waals surface area contributed by atoms with Crippen molar-refractivity contribution < 1.29 is 14.6 Å². The molecule has 0 unspecified atom stereocenters. The first-order valence-corrected chi connectivity index (χ1v) is 7.21. The first-order valence-electron chi connectivity index (χ1n) is 7.21. The van der Waals surface area contributed by atoms with E-state index in [-0.39, 0.29) is 5.75 Å². The lowest BCUT2D eigenvalue weighted by atomic mass is 9.99. The molecule has 3 aromatic carbocycles. The summed E-state index contributed by atoms with van der Waals surface area (Å²) in [6.45, 7) is 5.42. The van der Waals surface area contributed by atoms with Gasteiger partial charge < -0.3 is 4.74 Å². The van der Waals surface area contributed by atoms with Crippen molar-refractivity contribution in [1.29, 1.82) is 0 Å². The van der Waals surface area contributed by atoms with E-state index >= 15 is 0 Å². The molecule has 3 heteroatoms. The molecule has 0 N–H and O–H groups in total. The number of hydrogen-bond acceptors (Lipinski definition) is 2. The number of ether oxygens (including phenoxy) is 1. The average molecular weight is 293 g/mol. The molecule has 0 aliphatic carbocycles. The van der Waals surface area contributed by atoms with Gasteiger partial charge in [0.05, 0.1) is 5.56 Å². The summed E-state index contributed by atoms with van der Waals surface area (Å²) >= 11 is 0. The van der Waals surface area contributed by atoms with E-state index in [0.29, 0.717) is 10.9 Å². The van der Waals surface area contributed by atoms with Crippen LogP contribution in [0.1, 0.15) is 31.1 Å². The summed E-state index contributed by atoms with van der Waals surface area (Å²) in [4.78, 5) is 12.2. The highest BCUT2D eigenvalue weighted by Crippen LogP contribution is 2.33. The van der Waals surface area contributed by atoms with Crippen LogP contribution in [0.5, 0.6) is 5.75 Å². The van der Waals surface area contributed by atoms with Crippen molar-refractivity contribution >= 4 is 27.5 Å². The Morgan fingerprint density at radius 3 is 2.36 bits per heavy atom. The summed E-state index contributed by atoms with van der Waals surface area (Å²) in [6.07, 6.45) is 0. The number of esters is 1. The van der Waals surface area contributed by atoms with Gasteiger partial charge in [0.2, 0.25) is 0 Å². The third-order valence-corrected chi connectivity index (χ3v) is 3.46. The maximum absolute atomic E-state index is 12.3. The van der Waals surface area contributed by atoms with E-state index in [1.165, 1.54) is 6.07 Å². The summed E-state index contributed by atoms with van der Waals surface area (Å²) in [5.41, 5.74) is -0.294. The fourth-order valence-electron chi connectivity index (χ4n) is 2.54. The Morgan fingerprint density at radius 1 is 0.909 bits per heavy atom. The molecule has 111 valence electrons. The lowest BCUT2D eigenvalue weighted by Crippen LogP contribution is -2.23. The van der Waals surface area contributed by atoms with E-state index < -0.39 is 11.6 Å². The van der Waals surface area contributed by atoms with Gasteiger partial charge in [0.25, 0.3) is 0 Å². The van der Waals surface area contributed by atoms with E-state index in [0.717, 1.165) is 16.2 Å². The van der Waals surface area contributed by atoms with Crippen LogP contribution >= 0.6 is 0 Å². The Balaban J connectivity index is 2.22. The molecular weight excluding hydrogens is 276 g/mol. The van der Waals surface area contributed by atoms with Crippen LogP contribution < -0.4 is 0 Å². The second-order valence-corrected chi connectivity index (χ2v) is 6.36. The van der Waals surface area contributed by atoms with Gasteiger partial charge in [-0.2, -0.15) is 0 Å². The van der Waals surface area contributed by atoms with Crippen molar-refractivity contribution in [3.8, 4) is 5.75 Å². The van der Waals surface area contributed by atoms with Gasteiger partial charge in [0.15, 0.2) is 5.75 Å². The molecule has 0 aromatic heterocycles. The SMILES string of the molecule is CC(C)(C)OC(=O)c1cc([O])c2ccc3ccccc3c2c1. The zero-order valence-corrected chi connectivity index (χ0v) is 12.8. The average Bonchev–Trinajstić information content (AvgIpc) is 2.45. The van der Waals surface area contributed by atoms with Crippen molar-refractivity contribution in [2.45, 2.75) is 26.4 Å². The molecule has 0 fully saturated rings. The van der Waals surface area contributed by atoms with Crippen LogP contribution in [0, 0.1) is 0 Å². The van der Waals surface area contributed by atoms with Crippen LogP contribution in [0.2, 0.25) is 0 Å². The van der Waals surface area contributed by atoms with E-state index in [2.05, 4.69) is 0 Å². The van der Waals surface area contributed by atoms with Gasteiger partial charge in [0.1, 0.15) is 5.60 Å². The number of carbonyl (C=O) groups excluding carboxylic acids is 1. The molecule has 0 heterocycles. The minimum absolute atomic E-state index is 0.163. The minimum atomic E-state index is -0.589. The molecule has 22 heavy (non-hydrogen) atoms. The van der Waals surface area contributed by atoms with E-state index in [1.54, 1.807) is 32.9 Å². The lowest BCUT2D eigenvalue weighted by molar-refractivity contribution is 0.00692. The van der Waals surface area contributed by atoms with E-state index in [9.17, 15) is 9.90 Å². The number of rotatable bonds is 1. The highest BCUT2D eigenvalue weighted by molar-refractivity contribution is 6.11. The molecule has 3 nitrogen and oxygen atoms in total. The molecule has 0 bridgehead atoms. The fourth-order valence-corrected chi connectivity index (χ4v) is 2.54. The van der Waals surface area contributed by atoms with Crippen LogP contribution in [0.15, 0.2) is 48.5 Å². The molecule has 3 rings (SSSR count). The standard InChI is InChI=1S/C19H17O3/c1-19(2,3)22-18(21)13-10-16-14-7-5-4-6-12(14)8-9-15(16)17(20)11-13/h4-11H,1-3H3. The van der Waals surface area contributed by atoms with Gasteiger partial charge >= 0.3 is 5.97 Å². The van der Waals surface area contributed by atoms with Gasteiger partial charge in [-0.3, -0.25) is 5.11 Å². The second kappa shape index (κ2) is 5.02. The topological polar surface area (TPSA) is 46.2 Å². The molecule has 0 saturated heterocycles. The predicted molar refractivity (Wildman–Crippen MR) is 86.8 cm³/mol.